The lowest BCUT2D eigenvalue weighted by molar-refractivity contribution is -0.185. The predicted molar refractivity (Wildman–Crippen MR) is 116 cm³/mol. The molecule has 4 fully saturated rings. The number of Topliss-reactive ketones (excluding diaryl/α,β-unsaturated/α-hetero) is 2. The molecule has 8 atom stereocenters. The largest absolute Gasteiger partial charge is 0.459 e. The Bertz CT molecular complexity index is 771. The molecule has 0 aromatic carbocycles. The molecule has 0 radical (unpaired) electrons. The molecule has 4 nitrogen and oxygen atoms in total. The third-order valence-electron chi connectivity index (χ3n) is 9.85. The first-order valence-corrected chi connectivity index (χ1v) is 11.9. The Balaban J connectivity index is 1.62. The summed E-state index contributed by atoms with van der Waals surface area (Å²) in [5, 5.41) is 0. The Morgan fingerprint density at radius 2 is 1.83 bits per heavy atom. The summed E-state index contributed by atoms with van der Waals surface area (Å²) in [6, 6.07) is 0. The molecule has 0 N–H and O–H groups in total. The van der Waals surface area contributed by atoms with Gasteiger partial charge in [-0.25, -0.2) is 0 Å². The Hall–Kier alpha value is -1.45. The van der Waals surface area contributed by atoms with Crippen LogP contribution in [0.3, 0.4) is 0 Å². The number of rotatable bonds is 4. The van der Waals surface area contributed by atoms with Crippen LogP contribution in [-0.2, 0) is 19.1 Å². The lowest BCUT2D eigenvalue weighted by atomic mass is 9.43. The Morgan fingerprint density at radius 1 is 1.10 bits per heavy atom. The second kappa shape index (κ2) is 7.31. The highest BCUT2D eigenvalue weighted by molar-refractivity contribution is 5.87. The highest BCUT2D eigenvalue weighted by Gasteiger charge is 2.64. The number of fused-ring (bicyclic) bond motifs is 5. The summed E-state index contributed by atoms with van der Waals surface area (Å²) >= 11 is 0. The first-order chi connectivity index (χ1) is 14.1. The van der Waals surface area contributed by atoms with E-state index in [0.717, 1.165) is 44.9 Å². The summed E-state index contributed by atoms with van der Waals surface area (Å²) in [6.07, 6.45) is 9.86. The van der Waals surface area contributed by atoms with Gasteiger partial charge in [0.2, 0.25) is 0 Å². The molecule has 0 aromatic rings. The van der Waals surface area contributed by atoms with Crippen molar-refractivity contribution in [1.29, 1.82) is 0 Å². The normalized spacial score (nSPS) is 47.6. The average Bonchev–Trinajstić information content (AvgIpc) is 2.98. The Morgan fingerprint density at radius 3 is 2.47 bits per heavy atom. The zero-order valence-electron chi connectivity index (χ0n) is 19.2. The van der Waals surface area contributed by atoms with Crippen molar-refractivity contribution in [2.24, 2.45) is 40.4 Å². The number of esters is 1. The molecule has 4 heteroatoms. The van der Waals surface area contributed by atoms with Crippen molar-refractivity contribution >= 4 is 17.5 Å². The molecule has 166 valence electrons. The number of carbonyl (C=O) groups excluding carboxylic acids is 3. The molecule has 30 heavy (non-hydrogen) atoms. The van der Waals surface area contributed by atoms with E-state index in [2.05, 4.69) is 20.4 Å². The van der Waals surface area contributed by atoms with E-state index in [9.17, 15) is 14.4 Å². The van der Waals surface area contributed by atoms with E-state index in [1.807, 2.05) is 6.08 Å². The van der Waals surface area contributed by atoms with Gasteiger partial charge in [0.1, 0.15) is 17.2 Å². The first kappa shape index (κ1) is 21.8. The average molecular weight is 415 g/mol. The number of hydrogen-bond acceptors (Lipinski definition) is 4. The molecule has 1 unspecified atom stereocenters. The molecule has 4 aliphatic rings. The van der Waals surface area contributed by atoms with E-state index in [1.165, 1.54) is 6.92 Å². The third kappa shape index (κ3) is 3.12. The van der Waals surface area contributed by atoms with Gasteiger partial charge in [-0.1, -0.05) is 19.9 Å². The van der Waals surface area contributed by atoms with E-state index >= 15 is 0 Å². The predicted octanol–water partition coefficient (Wildman–Crippen LogP) is 5.29. The molecular weight excluding hydrogens is 376 g/mol. The van der Waals surface area contributed by atoms with Crippen molar-refractivity contribution in [3.63, 3.8) is 0 Å². The van der Waals surface area contributed by atoms with E-state index < -0.39 is 5.60 Å². The van der Waals surface area contributed by atoms with Gasteiger partial charge in [-0.3, -0.25) is 14.4 Å². The van der Waals surface area contributed by atoms with Crippen LogP contribution in [-0.4, -0.2) is 23.1 Å². The van der Waals surface area contributed by atoms with Crippen LogP contribution < -0.4 is 0 Å². The topological polar surface area (TPSA) is 60.4 Å². The fraction of sp³-hybridized carbons (Fsp3) is 0.808. The van der Waals surface area contributed by atoms with Crippen LogP contribution in [0.1, 0.15) is 85.5 Å². The van der Waals surface area contributed by atoms with Gasteiger partial charge >= 0.3 is 5.97 Å². The van der Waals surface area contributed by atoms with Crippen molar-refractivity contribution in [3.05, 3.63) is 12.7 Å². The lowest BCUT2D eigenvalue weighted by Crippen LogP contribution is -2.59. The van der Waals surface area contributed by atoms with Crippen LogP contribution >= 0.6 is 0 Å². The highest BCUT2D eigenvalue weighted by atomic mass is 16.6. The van der Waals surface area contributed by atoms with E-state index in [-0.39, 0.29) is 34.4 Å². The smallest absolute Gasteiger partial charge is 0.303 e. The van der Waals surface area contributed by atoms with Gasteiger partial charge in [-0.15, -0.1) is 6.58 Å². The Kier molecular flexibility index (Phi) is 5.30. The van der Waals surface area contributed by atoms with Gasteiger partial charge < -0.3 is 4.74 Å². The molecule has 0 spiro atoms. The number of ether oxygens (including phenoxy) is 1. The second-order valence-corrected chi connectivity index (χ2v) is 11.4. The van der Waals surface area contributed by atoms with Gasteiger partial charge in [0.25, 0.3) is 0 Å². The minimum absolute atomic E-state index is 0.0273. The molecular formula is C26H38O4. The number of hydrogen-bond donors (Lipinski definition) is 0. The monoisotopic (exact) mass is 414 g/mol. The number of carbonyl (C=O) groups is 3. The molecule has 4 aliphatic carbocycles. The first-order valence-electron chi connectivity index (χ1n) is 11.9. The van der Waals surface area contributed by atoms with Crippen LogP contribution in [0.5, 0.6) is 0 Å². The maximum absolute atomic E-state index is 13.7. The molecule has 0 amide bonds. The maximum atomic E-state index is 13.7. The van der Waals surface area contributed by atoms with Crippen molar-refractivity contribution < 1.29 is 19.1 Å². The van der Waals surface area contributed by atoms with Crippen LogP contribution in [0.4, 0.5) is 0 Å². The molecule has 0 heterocycles. The van der Waals surface area contributed by atoms with Gasteiger partial charge in [0, 0.05) is 31.6 Å². The summed E-state index contributed by atoms with van der Waals surface area (Å²) in [4.78, 5) is 37.8. The summed E-state index contributed by atoms with van der Waals surface area (Å²) in [7, 11) is 0. The molecule has 0 aliphatic heterocycles. The van der Waals surface area contributed by atoms with Crippen LogP contribution in [0.15, 0.2) is 12.7 Å². The van der Waals surface area contributed by atoms with Crippen molar-refractivity contribution in [2.45, 2.75) is 91.1 Å². The molecule has 0 bridgehead atoms. The highest BCUT2D eigenvalue weighted by Crippen LogP contribution is 2.67. The summed E-state index contributed by atoms with van der Waals surface area (Å²) in [5.41, 5.74) is -0.628. The van der Waals surface area contributed by atoms with E-state index in [4.69, 9.17) is 4.74 Å². The van der Waals surface area contributed by atoms with Crippen molar-refractivity contribution in [3.8, 4) is 0 Å². The fourth-order valence-corrected chi connectivity index (χ4v) is 8.68. The van der Waals surface area contributed by atoms with Gasteiger partial charge in [0.15, 0.2) is 0 Å². The minimum Gasteiger partial charge on any atom is -0.459 e. The second-order valence-electron chi connectivity index (χ2n) is 11.4. The maximum Gasteiger partial charge on any atom is 0.303 e. The van der Waals surface area contributed by atoms with Crippen LogP contribution in [0.2, 0.25) is 0 Å². The summed E-state index contributed by atoms with van der Waals surface area (Å²) < 4.78 is 5.87. The van der Waals surface area contributed by atoms with E-state index in [0.29, 0.717) is 36.4 Å². The molecule has 4 rings (SSSR count). The molecule has 4 saturated carbocycles. The number of ketones is 2. The summed E-state index contributed by atoms with van der Waals surface area (Å²) in [5.74, 6) is 1.86. The van der Waals surface area contributed by atoms with Crippen LogP contribution in [0, 0.1) is 40.4 Å². The van der Waals surface area contributed by atoms with Crippen LogP contribution in [0.25, 0.3) is 0 Å². The SMILES string of the molecule is C=CC[C@@]1(OC(C)=O)CC[C@@]2(C)C(CC[C@H]3[C@@H]4CC[C@H](C(C)=O)[C@@]4(C)CC(=O)[C@@H]32)C1. The standard InChI is InChI=1S/C26H38O4/c1-6-11-26(30-17(3)28)13-12-24(4)18(14-26)7-8-19-21-10-9-20(16(2)27)25(21,5)15-22(29)23(19)24/h6,18-21,23H,1,7-15H2,2-5H3/t18?,19-,20+,21-,23+,24-,25+,26+/m0/s1. The molecule has 0 aromatic heterocycles. The Labute approximate surface area is 181 Å². The van der Waals surface area contributed by atoms with E-state index in [1.54, 1.807) is 6.92 Å². The fourth-order valence-electron chi connectivity index (χ4n) is 8.68. The van der Waals surface area contributed by atoms with Crippen molar-refractivity contribution in [2.75, 3.05) is 0 Å². The minimum atomic E-state index is -0.454. The third-order valence-corrected chi connectivity index (χ3v) is 9.85. The van der Waals surface area contributed by atoms with Crippen molar-refractivity contribution in [1.82, 2.24) is 0 Å². The molecule has 0 saturated heterocycles. The van der Waals surface area contributed by atoms with Gasteiger partial charge in [-0.2, -0.15) is 0 Å². The zero-order chi connectivity index (χ0) is 21.9. The quantitative estimate of drug-likeness (QED) is 0.463. The van der Waals surface area contributed by atoms with Gasteiger partial charge in [-0.05, 0) is 80.5 Å². The zero-order valence-corrected chi connectivity index (χ0v) is 19.2. The lowest BCUT2D eigenvalue weighted by Gasteiger charge is -2.61. The summed E-state index contributed by atoms with van der Waals surface area (Å²) in [6.45, 7) is 11.7. The van der Waals surface area contributed by atoms with Gasteiger partial charge in [0.05, 0.1) is 0 Å².